The summed E-state index contributed by atoms with van der Waals surface area (Å²) in [6, 6.07) is 13.6. The van der Waals surface area contributed by atoms with Gasteiger partial charge in [-0.1, -0.05) is 41.6 Å². The Bertz CT molecular complexity index is 968. The van der Waals surface area contributed by atoms with Crippen molar-refractivity contribution in [1.29, 1.82) is 0 Å². The van der Waals surface area contributed by atoms with E-state index >= 15 is 0 Å². The van der Waals surface area contributed by atoms with E-state index in [1.807, 2.05) is 24.3 Å². The maximum atomic E-state index is 13.6. The average molecular weight is 396 g/mol. The number of hydrogen-bond acceptors (Lipinski definition) is 6. The molecule has 1 aliphatic heterocycles. The summed E-state index contributed by atoms with van der Waals surface area (Å²) in [6.07, 6.45) is 1.85. The number of amides is 1. The highest BCUT2D eigenvalue weighted by molar-refractivity contribution is 5.81. The Labute approximate surface area is 167 Å². The van der Waals surface area contributed by atoms with Gasteiger partial charge in [0.25, 0.3) is 0 Å². The first-order valence-electron chi connectivity index (χ1n) is 9.49. The molecule has 1 fully saturated rings. The zero-order chi connectivity index (χ0) is 20.1. The molecule has 0 spiro atoms. The number of carbonyl (C=O) groups is 1. The molecule has 7 nitrogen and oxygen atoms in total. The second kappa shape index (κ2) is 8.83. The largest absolute Gasteiger partial charge is 0.486 e. The van der Waals surface area contributed by atoms with Gasteiger partial charge in [0.2, 0.25) is 17.6 Å². The van der Waals surface area contributed by atoms with E-state index in [0.717, 1.165) is 30.5 Å². The molecule has 29 heavy (non-hydrogen) atoms. The first kappa shape index (κ1) is 19.1. The molecule has 1 unspecified atom stereocenters. The lowest BCUT2D eigenvalue weighted by Crippen LogP contribution is -2.40. The van der Waals surface area contributed by atoms with Gasteiger partial charge in [0.15, 0.2) is 11.6 Å². The lowest BCUT2D eigenvalue weighted by molar-refractivity contribution is -0.123. The highest BCUT2D eigenvalue weighted by Gasteiger charge is 2.22. The number of para-hydroxylation sites is 1. The quantitative estimate of drug-likeness (QED) is 0.638. The predicted molar refractivity (Wildman–Crippen MR) is 103 cm³/mol. The summed E-state index contributed by atoms with van der Waals surface area (Å²) in [6.45, 7) is 1.31. The van der Waals surface area contributed by atoms with Crippen LogP contribution in [0.4, 0.5) is 4.39 Å². The highest BCUT2D eigenvalue weighted by Crippen LogP contribution is 2.20. The number of halogens is 1. The van der Waals surface area contributed by atoms with Gasteiger partial charge in [-0.15, -0.1) is 0 Å². The number of carbonyl (C=O) groups excluding carboxylic acids is 1. The fourth-order valence-corrected chi connectivity index (χ4v) is 3.11. The molecule has 1 aliphatic rings. The molecule has 0 saturated carbocycles. The Hall–Kier alpha value is -3.26. The SMILES string of the molecule is O=C(NCc1nc(-c2ccc(COc3ccccc3F)cc2)no1)C1CCCN1. The maximum absolute atomic E-state index is 13.6. The van der Waals surface area contributed by atoms with Crippen LogP contribution in [-0.4, -0.2) is 28.6 Å². The van der Waals surface area contributed by atoms with Crippen molar-refractivity contribution in [2.24, 2.45) is 0 Å². The minimum Gasteiger partial charge on any atom is -0.486 e. The van der Waals surface area contributed by atoms with Crippen LogP contribution in [0.2, 0.25) is 0 Å². The summed E-state index contributed by atoms with van der Waals surface area (Å²) in [7, 11) is 0. The summed E-state index contributed by atoms with van der Waals surface area (Å²) in [5.41, 5.74) is 1.66. The Balaban J connectivity index is 1.32. The standard InChI is InChI=1S/C21H21FN4O3/c22-16-4-1-2-6-18(16)28-13-14-7-9-15(10-8-14)20-25-19(29-26-20)12-24-21(27)17-5-3-11-23-17/h1-2,4,6-10,17,23H,3,5,11-13H2,(H,24,27). The monoisotopic (exact) mass is 396 g/mol. The van der Waals surface area contributed by atoms with Crippen LogP contribution in [0, 0.1) is 5.82 Å². The Morgan fingerprint density at radius 3 is 2.83 bits per heavy atom. The zero-order valence-electron chi connectivity index (χ0n) is 15.7. The van der Waals surface area contributed by atoms with Crippen molar-refractivity contribution in [1.82, 2.24) is 20.8 Å². The summed E-state index contributed by atoms with van der Waals surface area (Å²) in [5.74, 6) is 0.558. The second-order valence-electron chi connectivity index (χ2n) is 6.79. The highest BCUT2D eigenvalue weighted by atomic mass is 19.1. The smallest absolute Gasteiger partial charge is 0.246 e. The van der Waals surface area contributed by atoms with Gasteiger partial charge in [-0.3, -0.25) is 4.79 Å². The summed E-state index contributed by atoms with van der Waals surface area (Å²) < 4.78 is 24.3. The molecule has 1 amide bonds. The summed E-state index contributed by atoms with van der Waals surface area (Å²) >= 11 is 0. The van der Waals surface area contributed by atoms with E-state index in [9.17, 15) is 9.18 Å². The van der Waals surface area contributed by atoms with Crippen molar-refractivity contribution < 1.29 is 18.4 Å². The van der Waals surface area contributed by atoms with E-state index in [4.69, 9.17) is 9.26 Å². The predicted octanol–water partition coefficient (Wildman–Crippen LogP) is 2.82. The van der Waals surface area contributed by atoms with Gasteiger partial charge in [0.1, 0.15) is 6.61 Å². The van der Waals surface area contributed by atoms with Crippen LogP contribution in [0.15, 0.2) is 53.1 Å². The van der Waals surface area contributed by atoms with Gasteiger partial charge in [-0.05, 0) is 37.1 Å². The van der Waals surface area contributed by atoms with Crippen molar-refractivity contribution in [3.05, 3.63) is 65.8 Å². The third-order valence-corrected chi connectivity index (χ3v) is 4.70. The molecule has 1 atom stereocenters. The normalized spacial score (nSPS) is 16.0. The first-order chi connectivity index (χ1) is 14.2. The van der Waals surface area contributed by atoms with Gasteiger partial charge in [-0.25, -0.2) is 4.39 Å². The minimum absolute atomic E-state index is 0.0542. The topological polar surface area (TPSA) is 89.3 Å². The van der Waals surface area contributed by atoms with E-state index in [2.05, 4.69) is 20.8 Å². The van der Waals surface area contributed by atoms with E-state index in [1.54, 1.807) is 18.2 Å². The van der Waals surface area contributed by atoms with Crippen molar-refractivity contribution in [3.63, 3.8) is 0 Å². The van der Waals surface area contributed by atoms with Crippen LogP contribution in [0.25, 0.3) is 11.4 Å². The van der Waals surface area contributed by atoms with E-state index < -0.39 is 0 Å². The van der Waals surface area contributed by atoms with E-state index in [1.165, 1.54) is 6.07 Å². The molecule has 3 aromatic rings. The Morgan fingerprint density at radius 1 is 1.24 bits per heavy atom. The number of hydrogen-bond donors (Lipinski definition) is 2. The molecule has 0 aliphatic carbocycles. The second-order valence-corrected chi connectivity index (χ2v) is 6.79. The van der Waals surface area contributed by atoms with Crippen LogP contribution in [0.3, 0.4) is 0 Å². The van der Waals surface area contributed by atoms with Crippen molar-refractivity contribution in [2.75, 3.05) is 6.54 Å². The van der Waals surface area contributed by atoms with Gasteiger partial charge in [-0.2, -0.15) is 4.98 Å². The molecule has 1 aromatic heterocycles. The number of benzene rings is 2. The van der Waals surface area contributed by atoms with Gasteiger partial charge < -0.3 is 19.9 Å². The molecule has 150 valence electrons. The van der Waals surface area contributed by atoms with Gasteiger partial charge in [0.05, 0.1) is 12.6 Å². The van der Waals surface area contributed by atoms with Crippen LogP contribution >= 0.6 is 0 Å². The summed E-state index contributed by atoms with van der Waals surface area (Å²) in [5, 5.41) is 9.91. The van der Waals surface area contributed by atoms with Crippen LogP contribution in [-0.2, 0) is 17.9 Å². The number of rotatable bonds is 7. The fraction of sp³-hybridized carbons (Fsp3) is 0.286. The third kappa shape index (κ3) is 4.78. The molecular weight excluding hydrogens is 375 g/mol. The van der Waals surface area contributed by atoms with Crippen LogP contribution < -0.4 is 15.4 Å². The first-order valence-corrected chi connectivity index (χ1v) is 9.49. The number of nitrogens with one attached hydrogen (secondary N) is 2. The molecule has 1 saturated heterocycles. The molecule has 0 bridgehead atoms. The van der Waals surface area contributed by atoms with Gasteiger partial charge >= 0.3 is 0 Å². The van der Waals surface area contributed by atoms with Crippen molar-refractivity contribution >= 4 is 5.91 Å². The number of ether oxygens (including phenoxy) is 1. The molecular formula is C21H21FN4O3. The third-order valence-electron chi connectivity index (χ3n) is 4.70. The molecule has 0 radical (unpaired) electrons. The molecule has 2 aromatic carbocycles. The number of nitrogens with zero attached hydrogens (tertiary/aromatic N) is 2. The van der Waals surface area contributed by atoms with E-state index in [0.29, 0.717) is 11.7 Å². The average Bonchev–Trinajstić information content (AvgIpc) is 3.44. The van der Waals surface area contributed by atoms with Gasteiger partial charge in [0, 0.05) is 5.56 Å². The van der Waals surface area contributed by atoms with Crippen LogP contribution in [0.1, 0.15) is 24.3 Å². The zero-order valence-corrected chi connectivity index (χ0v) is 15.7. The van der Waals surface area contributed by atoms with Crippen molar-refractivity contribution in [2.45, 2.75) is 32.0 Å². The number of aromatic nitrogens is 2. The molecule has 2 heterocycles. The Morgan fingerprint density at radius 2 is 2.07 bits per heavy atom. The molecule has 4 rings (SSSR count). The van der Waals surface area contributed by atoms with Crippen LogP contribution in [0.5, 0.6) is 5.75 Å². The van der Waals surface area contributed by atoms with E-state index in [-0.39, 0.29) is 36.7 Å². The molecule has 2 N–H and O–H groups in total. The summed E-state index contributed by atoms with van der Waals surface area (Å²) in [4.78, 5) is 16.3. The molecule has 8 heteroatoms. The lowest BCUT2D eigenvalue weighted by Gasteiger charge is -2.08. The lowest BCUT2D eigenvalue weighted by atomic mass is 10.1. The fourth-order valence-electron chi connectivity index (χ4n) is 3.11. The maximum Gasteiger partial charge on any atom is 0.246 e. The minimum atomic E-state index is -0.390. The Kier molecular flexibility index (Phi) is 5.81. The van der Waals surface area contributed by atoms with Crippen molar-refractivity contribution in [3.8, 4) is 17.1 Å².